The van der Waals surface area contributed by atoms with Gasteiger partial charge in [-0.2, -0.15) is 0 Å². The topological polar surface area (TPSA) is 24.9 Å². The molecule has 2 atom stereocenters. The lowest BCUT2D eigenvalue weighted by Crippen LogP contribution is -2.14. The summed E-state index contributed by atoms with van der Waals surface area (Å²) in [5.41, 5.74) is 2.84. The van der Waals surface area contributed by atoms with Gasteiger partial charge < -0.3 is 5.32 Å². The van der Waals surface area contributed by atoms with Crippen LogP contribution in [-0.2, 0) is 12.8 Å². The fraction of sp³-hybridized carbons (Fsp3) is 0.471. The highest BCUT2D eigenvalue weighted by atomic mass is 32.1. The maximum atomic E-state index is 4.88. The summed E-state index contributed by atoms with van der Waals surface area (Å²) in [4.78, 5) is 6.39. The number of aromatic nitrogens is 1. The van der Waals surface area contributed by atoms with Gasteiger partial charge in [0.1, 0.15) is 0 Å². The van der Waals surface area contributed by atoms with Crippen LogP contribution >= 0.6 is 11.3 Å². The summed E-state index contributed by atoms with van der Waals surface area (Å²) in [5.74, 6) is 1.20. The third-order valence-corrected chi connectivity index (χ3v) is 5.51. The molecule has 20 heavy (non-hydrogen) atoms. The van der Waals surface area contributed by atoms with Gasteiger partial charge in [-0.1, -0.05) is 37.3 Å². The summed E-state index contributed by atoms with van der Waals surface area (Å²) in [7, 11) is 2.01. The highest BCUT2D eigenvalue weighted by Crippen LogP contribution is 2.36. The number of thiazole rings is 1. The van der Waals surface area contributed by atoms with Crippen molar-refractivity contribution in [2.45, 2.75) is 38.0 Å². The standard InChI is InChI=1S/C17H22N2S/c1-12(11-18-2)17-19-15-9-8-14(10-16(15)20-17)13-6-4-3-5-7-13/h3-7,12,14,18H,8-11H2,1-2H3. The Bertz CT molecular complexity index is 562. The van der Waals surface area contributed by atoms with E-state index in [9.17, 15) is 0 Å². The van der Waals surface area contributed by atoms with Crippen molar-refractivity contribution in [1.82, 2.24) is 10.3 Å². The molecule has 2 unspecified atom stereocenters. The number of fused-ring (bicyclic) bond motifs is 1. The predicted molar refractivity (Wildman–Crippen MR) is 85.7 cm³/mol. The van der Waals surface area contributed by atoms with Crippen molar-refractivity contribution in [3.8, 4) is 0 Å². The van der Waals surface area contributed by atoms with Gasteiger partial charge in [0.25, 0.3) is 0 Å². The Morgan fingerprint density at radius 3 is 2.90 bits per heavy atom. The SMILES string of the molecule is CNCC(C)c1nc2c(s1)CC(c1ccccc1)CC2. The molecule has 0 amide bonds. The maximum absolute atomic E-state index is 4.88. The van der Waals surface area contributed by atoms with E-state index in [-0.39, 0.29) is 0 Å². The lowest BCUT2D eigenvalue weighted by Gasteiger charge is -2.21. The summed E-state index contributed by atoms with van der Waals surface area (Å²) in [6.45, 7) is 3.27. The lowest BCUT2D eigenvalue weighted by atomic mass is 9.85. The highest BCUT2D eigenvalue weighted by molar-refractivity contribution is 7.11. The molecule has 1 heterocycles. The van der Waals surface area contributed by atoms with Gasteiger partial charge in [-0.25, -0.2) is 4.98 Å². The monoisotopic (exact) mass is 286 g/mol. The van der Waals surface area contributed by atoms with Gasteiger partial charge in [0.15, 0.2) is 0 Å². The quantitative estimate of drug-likeness (QED) is 0.926. The number of nitrogens with zero attached hydrogens (tertiary/aromatic N) is 1. The van der Waals surface area contributed by atoms with Crippen LogP contribution in [0, 0.1) is 0 Å². The number of likely N-dealkylation sites (N-methyl/N-ethyl adjacent to an activating group) is 1. The van der Waals surface area contributed by atoms with Crippen molar-refractivity contribution < 1.29 is 0 Å². The number of hydrogen-bond acceptors (Lipinski definition) is 3. The average molecular weight is 286 g/mol. The van der Waals surface area contributed by atoms with Gasteiger partial charge in [0, 0.05) is 17.3 Å². The molecular weight excluding hydrogens is 264 g/mol. The van der Waals surface area contributed by atoms with Crippen molar-refractivity contribution in [2.75, 3.05) is 13.6 Å². The summed E-state index contributed by atoms with van der Waals surface area (Å²) in [5, 5.41) is 4.55. The Morgan fingerprint density at radius 1 is 1.35 bits per heavy atom. The first kappa shape index (κ1) is 13.8. The predicted octanol–water partition coefficient (Wildman–Crippen LogP) is 3.74. The van der Waals surface area contributed by atoms with E-state index in [0.29, 0.717) is 11.8 Å². The molecule has 3 rings (SSSR count). The number of hydrogen-bond donors (Lipinski definition) is 1. The zero-order valence-electron chi connectivity index (χ0n) is 12.2. The Morgan fingerprint density at radius 2 is 2.15 bits per heavy atom. The van der Waals surface area contributed by atoms with Crippen molar-refractivity contribution in [3.05, 3.63) is 51.5 Å². The third kappa shape index (κ3) is 2.79. The minimum Gasteiger partial charge on any atom is -0.319 e. The first-order chi connectivity index (χ1) is 9.78. The second-order valence-corrected chi connectivity index (χ2v) is 6.85. The second-order valence-electron chi connectivity index (χ2n) is 5.73. The largest absolute Gasteiger partial charge is 0.319 e. The van der Waals surface area contributed by atoms with Crippen molar-refractivity contribution in [3.63, 3.8) is 0 Å². The van der Waals surface area contributed by atoms with Gasteiger partial charge in [0.2, 0.25) is 0 Å². The Balaban J connectivity index is 1.78. The molecule has 1 aliphatic carbocycles. The zero-order chi connectivity index (χ0) is 13.9. The first-order valence-electron chi connectivity index (χ1n) is 7.46. The van der Waals surface area contributed by atoms with Gasteiger partial charge >= 0.3 is 0 Å². The second kappa shape index (κ2) is 6.06. The molecule has 0 saturated carbocycles. The van der Waals surface area contributed by atoms with Crippen LogP contribution in [0.25, 0.3) is 0 Å². The van der Waals surface area contributed by atoms with E-state index < -0.39 is 0 Å². The lowest BCUT2D eigenvalue weighted by molar-refractivity contribution is 0.582. The van der Waals surface area contributed by atoms with Gasteiger partial charge in [-0.3, -0.25) is 0 Å². The molecule has 1 N–H and O–H groups in total. The van der Waals surface area contributed by atoms with Crippen LogP contribution in [0.1, 0.15) is 46.3 Å². The number of aryl methyl sites for hydroxylation is 1. The molecule has 0 radical (unpaired) electrons. The summed E-state index contributed by atoms with van der Waals surface area (Å²) < 4.78 is 0. The van der Waals surface area contributed by atoms with E-state index in [1.807, 2.05) is 18.4 Å². The Hall–Kier alpha value is -1.19. The van der Waals surface area contributed by atoms with Crippen molar-refractivity contribution >= 4 is 11.3 Å². The maximum Gasteiger partial charge on any atom is 0.0971 e. The van der Waals surface area contributed by atoms with E-state index in [2.05, 4.69) is 42.6 Å². The van der Waals surface area contributed by atoms with E-state index in [0.717, 1.165) is 13.0 Å². The van der Waals surface area contributed by atoms with Crippen LogP contribution in [0.3, 0.4) is 0 Å². The minimum atomic E-state index is 0.519. The highest BCUT2D eigenvalue weighted by Gasteiger charge is 2.24. The molecule has 1 aliphatic rings. The number of benzene rings is 1. The number of nitrogens with one attached hydrogen (secondary N) is 1. The van der Waals surface area contributed by atoms with Crippen molar-refractivity contribution in [1.29, 1.82) is 0 Å². The molecule has 2 nitrogen and oxygen atoms in total. The normalized spacial score (nSPS) is 19.6. The van der Waals surface area contributed by atoms with E-state index in [4.69, 9.17) is 4.98 Å². The van der Waals surface area contributed by atoms with Crippen LogP contribution < -0.4 is 5.32 Å². The molecule has 0 saturated heterocycles. The van der Waals surface area contributed by atoms with Gasteiger partial charge in [0.05, 0.1) is 10.7 Å². The molecule has 1 aromatic heterocycles. The molecule has 0 spiro atoms. The fourth-order valence-electron chi connectivity index (χ4n) is 3.01. The molecule has 0 fully saturated rings. The molecule has 106 valence electrons. The van der Waals surface area contributed by atoms with Gasteiger partial charge in [-0.15, -0.1) is 11.3 Å². The molecular formula is C17H22N2S. The van der Waals surface area contributed by atoms with Crippen LogP contribution in [0.4, 0.5) is 0 Å². The molecule has 0 bridgehead atoms. The Kier molecular flexibility index (Phi) is 4.18. The van der Waals surface area contributed by atoms with E-state index in [1.165, 1.54) is 34.0 Å². The fourth-order valence-corrected chi connectivity index (χ4v) is 4.25. The third-order valence-electron chi connectivity index (χ3n) is 4.16. The zero-order valence-corrected chi connectivity index (χ0v) is 13.0. The molecule has 3 heteroatoms. The molecule has 0 aliphatic heterocycles. The molecule has 1 aromatic carbocycles. The summed E-state index contributed by atoms with van der Waals surface area (Å²) in [6.07, 6.45) is 3.54. The first-order valence-corrected chi connectivity index (χ1v) is 8.27. The summed E-state index contributed by atoms with van der Waals surface area (Å²) in [6, 6.07) is 10.9. The van der Waals surface area contributed by atoms with Crippen LogP contribution in [0.15, 0.2) is 30.3 Å². The van der Waals surface area contributed by atoms with Crippen molar-refractivity contribution in [2.24, 2.45) is 0 Å². The van der Waals surface area contributed by atoms with Crippen LogP contribution in [0.5, 0.6) is 0 Å². The summed E-state index contributed by atoms with van der Waals surface area (Å²) >= 11 is 1.93. The van der Waals surface area contributed by atoms with E-state index >= 15 is 0 Å². The van der Waals surface area contributed by atoms with E-state index in [1.54, 1.807) is 0 Å². The van der Waals surface area contributed by atoms with Crippen LogP contribution in [-0.4, -0.2) is 18.6 Å². The Labute approximate surface area is 125 Å². The molecule has 2 aromatic rings. The van der Waals surface area contributed by atoms with Gasteiger partial charge in [-0.05, 0) is 37.8 Å². The number of rotatable bonds is 4. The van der Waals surface area contributed by atoms with Crippen LogP contribution in [0.2, 0.25) is 0 Å². The average Bonchev–Trinajstić information content (AvgIpc) is 2.91. The smallest absolute Gasteiger partial charge is 0.0971 e. The minimum absolute atomic E-state index is 0.519.